The largest absolute Gasteiger partial charge is 0.508 e. The van der Waals surface area contributed by atoms with Gasteiger partial charge in [-0.2, -0.15) is 0 Å². The fraction of sp³-hybridized carbons (Fsp3) is 0.324. The van der Waals surface area contributed by atoms with Crippen LogP contribution in [0.5, 0.6) is 23.0 Å². The SMILES string of the molecule is CCCCNC(=O)COCC(=O)NCCn1cc(CC(C(=O)/C=C/c2ccc(O)c(OC)c2)=C(O)/C=C/c2ccc(O)c(OC)c2)nn1. The van der Waals surface area contributed by atoms with Gasteiger partial charge in [-0.05, 0) is 54.0 Å². The van der Waals surface area contributed by atoms with Crippen LogP contribution in [-0.4, -0.2) is 88.4 Å². The quantitative estimate of drug-likeness (QED) is 0.0547. The summed E-state index contributed by atoms with van der Waals surface area (Å²) in [5, 5.41) is 44.3. The lowest BCUT2D eigenvalue weighted by atomic mass is 10.0. The molecule has 3 rings (SSSR count). The van der Waals surface area contributed by atoms with Crippen molar-refractivity contribution in [3.63, 3.8) is 0 Å². The van der Waals surface area contributed by atoms with Crippen molar-refractivity contribution in [3.05, 3.63) is 82.9 Å². The summed E-state index contributed by atoms with van der Waals surface area (Å²) in [7, 11) is 2.83. The van der Waals surface area contributed by atoms with E-state index in [9.17, 15) is 29.7 Å². The number of carbonyl (C=O) groups is 3. The number of hydrogen-bond donors (Lipinski definition) is 5. The summed E-state index contributed by atoms with van der Waals surface area (Å²) in [5.41, 5.74) is 1.59. The molecule has 48 heavy (non-hydrogen) atoms. The van der Waals surface area contributed by atoms with Crippen LogP contribution in [0.15, 0.2) is 66.1 Å². The van der Waals surface area contributed by atoms with Crippen molar-refractivity contribution >= 4 is 29.7 Å². The molecule has 0 aliphatic heterocycles. The normalized spacial score (nSPS) is 11.8. The van der Waals surface area contributed by atoms with E-state index in [0.29, 0.717) is 23.4 Å². The zero-order chi connectivity index (χ0) is 34.9. The van der Waals surface area contributed by atoms with Gasteiger partial charge in [0.05, 0.1) is 26.5 Å². The molecule has 1 aromatic heterocycles. The highest BCUT2D eigenvalue weighted by atomic mass is 16.5. The first-order valence-electron chi connectivity index (χ1n) is 15.2. The van der Waals surface area contributed by atoms with E-state index in [1.165, 1.54) is 49.3 Å². The molecule has 0 aliphatic carbocycles. The van der Waals surface area contributed by atoms with E-state index in [-0.39, 0.29) is 73.0 Å². The van der Waals surface area contributed by atoms with Crippen molar-refractivity contribution < 1.29 is 43.9 Å². The molecule has 2 aromatic carbocycles. The molecule has 0 aliphatic rings. The molecule has 0 radical (unpaired) electrons. The predicted molar refractivity (Wildman–Crippen MR) is 178 cm³/mol. The zero-order valence-corrected chi connectivity index (χ0v) is 27.1. The minimum absolute atomic E-state index is 0.0234. The van der Waals surface area contributed by atoms with Crippen LogP contribution in [0, 0.1) is 0 Å². The number of methoxy groups -OCH3 is 2. The van der Waals surface area contributed by atoms with E-state index in [1.54, 1.807) is 36.5 Å². The Morgan fingerprint density at radius 1 is 0.875 bits per heavy atom. The number of nitrogens with zero attached hydrogens (tertiary/aromatic N) is 3. The summed E-state index contributed by atoms with van der Waals surface area (Å²) in [6, 6.07) is 9.23. The minimum atomic E-state index is -0.506. The number of aromatic nitrogens is 3. The number of rotatable bonds is 19. The Hall–Kier alpha value is -5.63. The Labute approximate surface area is 278 Å². The lowest BCUT2D eigenvalue weighted by molar-refractivity contribution is -0.131. The summed E-state index contributed by atoms with van der Waals surface area (Å²) in [6.45, 7) is 2.58. The Morgan fingerprint density at radius 2 is 1.46 bits per heavy atom. The van der Waals surface area contributed by atoms with Gasteiger partial charge >= 0.3 is 0 Å². The number of phenolic OH excluding ortho intramolecular Hbond substituents is 2. The van der Waals surface area contributed by atoms with Gasteiger partial charge in [0.25, 0.3) is 0 Å². The monoisotopic (exact) mass is 663 g/mol. The van der Waals surface area contributed by atoms with Gasteiger partial charge in [-0.15, -0.1) is 5.10 Å². The highest BCUT2D eigenvalue weighted by Crippen LogP contribution is 2.28. The Balaban J connectivity index is 1.68. The summed E-state index contributed by atoms with van der Waals surface area (Å²) >= 11 is 0. The van der Waals surface area contributed by atoms with Gasteiger partial charge < -0.3 is 40.2 Å². The number of aliphatic hydroxyl groups excluding tert-OH is 1. The molecule has 0 fully saturated rings. The van der Waals surface area contributed by atoms with Crippen LogP contribution in [0.25, 0.3) is 12.2 Å². The van der Waals surface area contributed by atoms with Crippen molar-refractivity contribution in [2.75, 3.05) is 40.5 Å². The van der Waals surface area contributed by atoms with Crippen LogP contribution in [0.2, 0.25) is 0 Å². The number of ether oxygens (including phenoxy) is 3. The number of phenols is 2. The number of ketones is 1. The first-order valence-corrected chi connectivity index (χ1v) is 15.2. The maximum absolute atomic E-state index is 13.4. The van der Waals surface area contributed by atoms with Gasteiger partial charge in [0.2, 0.25) is 11.8 Å². The molecule has 0 bridgehead atoms. The average molecular weight is 664 g/mol. The molecule has 14 heteroatoms. The van der Waals surface area contributed by atoms with Crippen molar-refractivity contribution in [2.45, 2.75) is 32.7 Å². The van der Waals surface area contributed by atoms with E-state index >= 15 is 0 Å². The smallest absolute Gasteiger partial charge is 0.246 e. The third-order valence-electron chi connectivity index (χ3n) is 6.80. The molecular formula is C34H41N5O9. The van der Waals surface area contributed by atoms with Gasteiger partial charge in [0.1, 0.15) is 19.0 Å². The molecule has 0 unspecified atom stereocenters. The van der Waals surface area contributed by atoms with E-state index in [4.69, 9.17) is 14.2 Å². The van der Waals surface area contributed by atoms with E-state index in [1.807, 2.05) is 6.92 Å². The molecule has 0 atom stereocenters. The second kappa shape index (κ2) is 19.1. The number of unbranched alkanes of at least 4 members (excludes halogenated alkanes) is 1. The van der Waals surface area contributed by atoms with Crippen molar-refractivity contribution in [2.24, 2.45) is 0 Å². The molecule has 1 heterocycles. The third-order valence-corrected chi connectivity index (χ3v) is 6.80. The van der Waals surface area contributed by atoms with Crippen LogP contribution in [0.3, 0.4) is 0 Å². The minimum Gasteiger partial charge on any atom is -0.508 e. The highest BCUT2D eigenvalue weighted by molar-refractivity contribution is 6.07. The summed E-state index contributed by atoms with van der Waals surface area (Å²) < 4.78 is 16.9. The number of allylic oxidation sites excluding steroid dienone is 3. The maximum Gasteiger partial charge on any atom is 0.246 e. The lowest BCUT2D eigenvalue weighted by Gasteiger charge is -2.07. The van der Waals surface area contributed by atoms with Crippen LogP contribution >= 0.6 is 0 Å². The number of nitrogens with one attached hydrogen (secondary N) is 2. The lowest BCUT2D eigenvalue weighted by Crippen LogP contribution is -2.33. The Bertz CT molecular complexity index is 1650. The van der Waals surface area contributed by atoms with Crippen LogP contribution in [-0.2, 0) is 32.1 Å². The molecular weight excluding hydrogens is 622 g/mol. The van der Waals surface area contributed by atoms with Crippen molar-refractivity contribution in [1.29, 1.82) is 0 Å². The van der Waals surface area contributed by atoms with Crippen LogP contribution < -0.4 is 20.1 Å². The average Bonchev–Trinajstić information content (AvgIpc) is 3.53. The Morgan fingerprint density at radius 3 is 2.04 bits per heavy atom. The van der Waals surface area contributed by atoms with Crippen molar-refractivity contribution in [1.82, 2.24) is 25.6 Å². The molecule has 14 nitrogen and oxygen atoms in total. The topological polar surface area (TPSA) is 194 Å². The van der Waals surface area contributed by atoms with Gasteiger partial charge in [-0.25, -0.2) is 0 Å². The van der Waals surface area contributed by atoms with Gasteiger partial charge in [0, 0.05) is 31.3 Å². The number of amides is 2. The van der Waals surface area contributed by atoms with Crippen molar-refractivity contribution in [3.8, 4) is 23.0 Å². The number of aliphatic hydroxyl groups is 1. The number of carbonyl (C=O) groups excluding carboxylic acids is 3. The van der Waals surface area contributed by atoms with E-state index in [2.05, 4.69) is 20.9 Å². The number of hydrogen-bond acceptors (Lipinski definition) is 11. The Kier molecular flexibility index (Phi) is 14.7. The summed E-state index contributed by atoms with van der Waals surface area (Å²) in [4.78, 5) is 37.1. The fourth-order valence-electron chi connectivity index (χ4n) is 4.21. The summed E-state index contributed by atoms with van der Waals surface area (Å²) in [6.07, 6.45) is 9.06. The molecule has 5 N–H and O–H groups in total. The second-order valence-corrected chi connectivity index (χ2v) is 10.5. The first-order chi connectivity index (χ1) is 23.1. The fourth-order valence-corrected chi connectivity index (χ4v) is 4.21. The highest BCUT2D eigenvalue weighted by Gasteiger charge is 2.16. The molecule has 2 amide bonds. The van der Waals surface area contributed by atoms with Gasteiger partial charge in [-0.1, -0.05) is 42.8 Å². The number of aromatic hydroxyl groups is 2. The zero-order valence-electron chi connectivity index (χ0n) is 27.1. The maximum atomic E-state index is 13.4. The van der Waals surface area contributed by atoms with Crippen LogP contribution in [0.1, 0.15) is 36.6 Å². The predicted octanol–water partition coefficient (Wildman–Crippen LogP) is 3.11. The van der Waals surface area contributed by atoms with Gasteiger partial charge in [0.15, 0.2) is 28.8 Å². The molecule has 0 spiro atoms. The standard InChI is InChI=1S/C34H41N5O9/c1-4-5-14-35-33(44)21-48-22-34(45)36-15-16-39-20-25(37-38-39)19-26(27(40)10-6-23-8-12-29(42)31(17-23)46-2)28(41)11-7-24-9-13-30(43)32(18-24)47-3/h6-13,17-18,20,40,42-43H,4-5,14-16,19,21-22H2,1-3H3,(H,35,44)(H,36,45)/b10-6+,11-7+,27-26?. The first kappa shape index (κ1) is 36.8. The second-order valence-electron chi connectivity index (χ2n) is 10.5. The van der Waals surface area contributed by atoms with Gasteiger partial charge in [-0.3, -0.25) is 19.1 Å². The summed E-state index contributed by atoms with van der Waals surface area (Å²) in [5.74, 6) is -1.11. The third kappa shape index (κ3) is 11.9. The molecule has 3 aromatic rings. The number of benzene rings is 2. The molecule has 0 saturated carbocycles. The molecule has 0 saturated heterocycles. The van der Waals surface area contributed by atoms with Crippen LogP contribution in [0.4, 0.5) is 0 Å². The van der Waals surface area contributed by atoms with E-state index in [0.717, 1.165) is 12.8 Å². The molecule has 256 valence electrons. The van der Waals surface area contributed by atoms with E-state index < -0.39 is 11.7 Å².